The van der Waals surface area contributed by atoms with E-state index in [1.165, 1.54) is 6.07 Å². The highest BCUT2D eigenvalue weighted by Gasteiger charge is 2.45. The second-order valence-corrected chi connectivity index (χ2v) is 8.42. The van der Waals surface area contributed by atoms with Gasteiger partial charge in [0.25, 0.3) is 0 Å². The van der Waals surface area contributed by atoms with Gasteiger partial charge in [-0.15, -0.1) is 0 Å². The van der Waals surface area contributed by atoms with Crippen LogP contribution in [-0.4, -0.2) is 16.3 Å². The number of aromatic hydroxyl groups is 1. The van der Waals surface area contributed by atoms with Crippen LogP contribution in [0.4, 0.5) is 4.39 Å². The molecule has 0 aliphatic carbocycles. The number of rotatable bonds is 2. The molecule has 0 amide bonds. The summed E-state index contributed by atoms with van der Waals surface area (Å²) >= 11 is 0. The minimum atomic E-state index is -0.484. The van der Waals surface area contributed by atoms with E-state index in [1.54, 1.807) is 19.1 Å². The number of halogens is 1. The van der Waals surface area contributed by atoms with E-state index in [1.807, 2.05) is 18.2 Å². The molecule has 0 radical (unpaired) electrons. The number of phenolic OH excluding ortho intramolecular Hbond substituents is 1. The summed E-state index contributed by atoms with van der Waals surface area (Å²) in [5, 5.41) is 11.6. The highest BCUT2D eigenvalue weighted by molar-refractivity contribution is 5.94. The Hall–Kier alpha value is -2.33. The number of aryl methyl sites for hydroxylation is 1. The fraction of sp³-hybridized carbons (Fsp3) is 0.391. The van der Waals surface area contributed by atoms with Gasteiger partial charge in [0, 0.05) is 27.7 Å². The monoisotopic (exact) mass is 367 g/mol. The third-order valence-corrected chi connectivity index (χ3v) is 5.97. The van der Waals surface area contributed by atoms with Crippen molar-refractivity contribution in [1.29, 1.82) is 0 Å². The van der Waals surface area contributed by atoms with E-state index in [2.05, 4.69) is 32.3 Å². The fourth-order valence-electron chi connectivity index (χ4n) is 4.27. The molecule has 2 aromatic carbocycles. The van der Waals surface area contributed by atoms with E-state index in [0.717, 1.165) is 34.3 Å². The van der Waals surface area contributed by atoms with Gasteiger partial charge >= 0.3 is 0 Å². The van der Waals surface area contributed by atoms with E-state index in [4.69, 9.17) is 4.74 Å². The molecule has 0 saturated heterocycles. The molecule has 3 aromatic rings. The molecule has 4 heteroatoms. The van der Waals surface area contributed by atoms with Gasteiger partial charge in [0.1, 0.15) is 11.6 Å². The quantitative estimate of drug-likeness (QED) is 0.629. The van der Waals surface area contributed by atoms with Gasteiger partial charge in [0.2, 0.25) is 0 Å². The lowest BCUT2D eigenvalue weighted by atomic mass is 9.77. The van der Waals surface area contributed by atoms with Crippen molar-refractivity contribution < 1.29 is 14.2 Å². The molecule has 27 heavy (non-hydrogen) atoms. The molecule has 4 rings (SSSR count). The first-order chi connectivity index (χ1) is 12.7. The number of ether oxygens (including phenoxy) is 1. The SMILES string of the molecule is CC[C@@]1(C)OCC(C)(C)c2c1c1c(O)cccc1n2-c1ccc(F)c(C)c1. The lowest BCUT2D eigenvalue weighted by molar-refractivity contribution is -0.0742. The van der Waals surface area contributed by atoms with E-state index in [0.29, 0.717) is 12.2 Å². The van der Waals surface area contributed by atoms with Gasteiger partial charge in [-0.1, -0.05) is 26.8 Å². The standard InChI is InChI=1S/C23H26FNO2/c1-6-23(5)20-19-17(8-7-9-18(19)26)25(21(20)22(3,4)13-27-23)15-10-11-16(24)14(2)12-15/h7-12,26H,6,13H2,1-5H3/t23-/m1/s1. The fourth-order valence-corrected chi connectivity index (χ4v) is 4.27. The third-order valence-electron chi connectivity index (χ3n) is 5.97. The Labute approximate surface area is 159 Å². The van der Waals surface area contributed by atoms with Gasteiger partial charge in [-0.05, 0) is 56.2 Å². The summed E-state index contributed by atoms with van der Waals surface area (Å²) in [5.41, 5.74) is 3.85. The Bertz CT molecular complexity index is 1050. The van der Waals surface area contributed by atoms with Gasteiger partial charge in [-0.3, -0.25) is 0 Å². The Morgan fingerprint density at radius 2 is 1.93 bits per heavy atom. The first-order valence-electron chi connectivity index (χ1n) is 9.47. The first-order valence-corrected chi connectivity index (χ1v) is 9.47. The van der Waals surface area contributed by atoms with E-state index in [9.17, 15) is 9.50 Å². The normalized spacial score (nSPS) is 21.4. The van der Waals surface area contributed by atoms with Crippen LogP contribution < -0.4 is 0 Å². The van der Waals surface area contributed by atoms with Crippen molar-refractivity contribution in [2.24, 2.45) is 0 Å². The Balaban J connectivity index is 2.20. The molecule has 142 valence electrons. The van der Waals surface area contributed by atoms with Crippen molar-refractivity contribution in [3.63, 3.8) is 0 Å². The van der Waals surface area contributed by atoms with Gasteiger partial charge in [0.15, 0.2) is 0 Å². The summed E-state index contributed by atoms with van der Waals surface area (Å²) in [6.07, 6.45) is 0.798. The maximum absolute atomic E-state index is 13.9. The Morgan fingerprint density at radius 1 is 1.19 bits per heavy atom. The molecule has 3 nitrogen and oxygen atoms in total. The van der Waals surface area contributed by atoms with Gasteiger partial charge < -0.3 is 14.4 Å². The Kier molecular flexibility index (Phi) is 3.90. The summed E-state index contributed by atoms with van der Waals surface area (Å²) in [5.74, 6) is 0.0372. The summed E-state index contributed by atoms with van der Waals surface area (Å²) in [6.45, 7) is 10.9. The minimum absolute atomic E-state index is 0.215. The first kappa shape index (κ1) is 18.1. The van der Waals surface area contributed by atoms with E-state index < -0.39 is 5.60 Å². The molecule has 1 aliphatic rings. The lowest BCUT2D eigenvalue weighted by Crippen LogP contribution is -2.42. The second kappa shape index (κ2) is 5.83. The number of hydrogen-bond donors (Lipinski definition) is 1. The maximum Gasteiger partial charge on any atom is 0.126 e. The topological polar surface area (TPSA) is 34.4 Å². The summed E-state index contributed by atoms with van der Waals surface area (Å²) in [6, 6.07) is 10.8. The molecule has 1 atom stereocenters. The number of nitrogens with zero attached hydrogens (tertiary/aromatic N) is 1. The van der Waals surface area contributed by atoms with Crippen molar-refractivity contribution in [2.45, 2.75) is 52.1 Å². The van der Waals surface area contributed by atoms with Crippen LogP contribution in [0.25, 0.3) is 16.6 Å². The predicted molar refractivity (Wildman–Crippen MR) is 106 cm³/mol. The molecule has 0 spiro atoms. The zero-order valence-corrected chi connectivity index (χ0v) is 16.6. The van der Waals surface area contributed by atoms with Gasteiger partial charge in [-0.2, -0.15) is 0 Å². The zero-order valence-electron chi connectivity index (χ0n) is 16.6. The van der Waals surface area contributed by atoms with Crippen LogP contribution in [0.2, 0.25) is 0 Å². The average Bonchev–Trinajstić information content (AvgIpc) is 3.00. The molecular formula is C23H26FNO2. The highest BCUT2D eigenvalue weighted by atomic mass is 19.1. The van der Waals surface area contributed by atoms with E-state index in [-0.39, 0.29) is 17.0 Å². The predicted octanol–water partition coefficient (Wildman–Crippen LogP) is 5.72. The van der Waals surface area contributed by atoms with Crippen LogP contribution in [0, 0.1) is 12.7 Å². The van der Waals surface area contributed by atoms with Crippen LogP contribution in [0.15, 0.2) is 36.4 Å². The third kappa shape index (κ3) is 2.50. The molecular weight excluding hydrogens is 341 g/mol. The average molecular weight is 367 g/mol. The van der Waals surface area contributed by atoms with Crippen molar-refractivity contribution in [3.05, 3.63) is 59.0 Å². The Morgan fingerprint density at radius 3 is 2.59 bits per heavy atom. The molecule has 2 heterocycles. The number of aromatic nitrogens is 1. The second-order valence-electron chi connectivity index (χ2n) is 8.42. The van der Waals surface area contributed by atoms with Crippen LogP contribution >= 0.6 is 0 Å². The molecule has 1 aliphatic heterocycles. The van der Waals surface area contributed by atoms with Gasteiger partial charge in [0.05, 0.1) is 17.7 Å². The van der Waals surface area contributed by atoms with Crippen LogP contribution in [0.5, 0.6) is 5.75 Å². The van der Waals surface area contributed by atoms with Crippen LogP contribution in [0.1, 0.15) is 50.9 Å². The number of benzene rings is 2. The minimum Gasteiger partial charge on any atom is -0.507 e. The number of hydrogen-bond acceptors (Lipinski definition) is 2. The molecule has 1 N–H and O–H groups in total. The molecule has 0 unspecified atom stereocenters. The molecule has 0 saturated carbocycles. The summed E-state index contributed by atoms with van der Waals surface area (Å²) < 4.78 is 22.4. The van der Waals surface area contributed by atoms with E-state index >= 15 is 0 Å². The van der Waals surface area contributed by atoms with Gasteiger partial charge in [-0.25, -0.2) is 4.39 Å². The summed E-state index contributed by atoms with van der Waals surface area (Å²) in [4.78, 5) is 0. The molecule has 1 aromatic heterocycles. The maximum atomic E-state index is 13.9. The molecule has 0 fully saturated rings. The molecule has 0 bridgehead atoms. The number of fused-ring (bicyclic) bond motifs is 3. The summed E-state index contributed by atoms with van der Waals surface area (Å²) in [7, 11) is 0. The number of phenols is 1. The zero-order chi connectivity index (χ0) is 19.6. The van der Waals surface area contributed by atoms with Crippen LogP contribution in [-0.2, 0) is 15.8 Å². The van der Waals surface area contributed by atoms with Crippen molar-refractivity contribution >= 4 is 10.9 Å². The van der Waals surface area contributed by atoms with Crippen molar-refractivity contribution in [3.8, 4) is 11.4 Å². The highest BCUT2D eigenvalue weighted by Crippen LogP contribution is 2.50. The van der Waals surface area contributed by atoms with Crippen molar-refractivity contribution in [2.75, 3.05) is 6.61 Å². The van der Waals surface area contributed by atoms with Crippen molar-refractivity contribution in [1.82, 2.24) is 4.57 Å². The largest absolute Gasteiger partial charge is 0.507 e. The van der Waals surface area contributed by atoms with Crippen LogP contribution in [0.3, 0.4) is 0 Å². The smallest absolute Gasteiger partial charge is 0.126 e. The lowest BCUT2D eigenvalue weighted by Gasteiger charge is -2.42.